The molecule has 2 bridgehead atoms. The van der Waals surface area contributed by atoms with E-state index >= 15 is 9.59 Å². The number of nitrogens with zero attached hydrogens (tertiary/aromatic N) is 3. The number of aliphatic hydroxyl groups is 3. The number of esters is 2. The minimum atomic E-state index is -2.53. The zero-order chi connectivity index (χ0) is 55.4. The summed E-state index contributed by atoms with van der Waals surface area (Å²) in [6, 6.07) is 10.8. The lowest BCUT2D eigenvalue weighted by atomic mass is 9.47. The molecule has 1 saturated carbocycles. The molecule has 18 nitrogen and oxygen atoms in total. The number of amides is 1. The van der Waals surface area contributed by atoms with Gasteiger partial charge in [0.25, 0.3) is 5.91 Å². The van der Waals surface area contributed by atoms with E-state index in [9.17, 15) is 39.6 Å². The van der Waals surface area contributed by atoms with Crippen molar-refractivity contribution in [2.75, 3.05) is 83.5 Å². The number of carbonyl (C=O) groups is 6. The smallest absolute Gasteiger partial charge is 0.325 e. The van der Waals surface area contributed by atoms with Gasteiger partial charge in [-0.15, -0.1) is 0 Å². The largest absolute Gasteiger partial charge is 0.496 e. The number of rotatable bonds is 20. The normalized spacial score (nSPS) is 32.5. The first-order chi connectivity index (χ1) is 36.7. The summed E-state index contributed by atoms with van der Waals surface area (Å²) in [6.07, 6.45) is 4.93. The summed E-state index contributed by atoms with van der Waals surface area (Å²) in [5.41, 5.74) is -0.788. The second-order valence-corrected chi connectivity index (χ2v) is 25.2. The van der Waals surface area contributed by atoms with Crippen LogP contribution in [0, 0.1) is 23.2 Å². The third-order valence-corrected chi connectivity index (χ3v) is 21.0. The molecule has 77 heavy (non-hydrogen) atoms. The average Bonchev–Trinajstić information content (AvgIpc) is 4.23. The molecule has 12 atom stereocenters. The summed E-state index contributed by atoms with van der Waals surface area (Å²) in [5.74, 6) is -6.22. The van der Waals surface area contributed by atoms with Gasteiger partial charge in [-0.3, -0.25) is 38.6 Å². The van der Waals surface area contributed by atoms with Crippen LogP contribution in [0.25, 0.3) is 5.57 Å². The zero-order valence-corrected chi connectivity index (χ0v) is 46.5. The monoisotopic (exact) mass is 1100 g/mol. The van der Waals surface area contributed by atoms with Gasteiger partial charge >= 0.3 is 23.9 Å². The molecule has 7 aliphatic rings. The summed E-state index contributed by atoms with van der Waals surface area (Å²) in [5, 5.41) is 59.9. The molecule has 5 heterocycles. The maximum absolute atomic E-state index is 15.5. The third-order valence-electron chi connectivity index (χ3n) is 18.6. The van der Waals surface area contributed by atoms with Crippen LogP contribution in [0.4, 0.5) is 5.69 Å². The summed E-state index contributed by atoms with van der Waals surface area (Å²) < 4.78 is 17.9. The number of carboxylic acid groups (broad SMARTS) is 2. The highest BCUT2D eigenvalue weighted by molar-refractivity contribution is 8.76. The molecule has 2 aliphatic carbocycles. The van der Waals surface area contributed by atoms with Crippen molar-refractivity contribution in [3.63, 3.8) is 0 Å². The van der Waals surface area contributed by atoms with Gasteiger partial charge in [-0.05, 0) is 91.3 Å². The number of nitrogens with one attached hydrogen (secondary N) is 1. The van der Waals surface area contributed by atoms with Crippen LogP contribution in [0.3, 0.4) is 0 Å². The first-order valence-electron chi connectivity index (χ1n) is 27.0. The minimum Gasteiger partial charge on any atom is -0.496 e. The van der Waals surface area contributed by atoms with Crippen LogP contribution < -0.4 is 15.0 Å². The molecule has 0 radical (unpaired) electrons. The van der Waals surface area contributed by atoms with Gasteiger partial charge in [-0.25, -0.2) is 0 Å². The predicted molar refractivity (Wildman–Crippen MR) is 290 cm³/mol. The van der Waals surface area contributed by atoms with Crippen LogP contribution in [-0.4, -0.2) is 179 Å². The van der Waals surface area contributed by atoms with E-state index in [0.29, 0.717) is 94.7 Å². The molecule has 20 heteroatoms. The van der Waals surface area contributed by atoms with E-state index in [1.54, 1.807) is 14.2 Å². The van der Waals surface area contributed by atoms with E-state index in [2.05, 4.69) is 33.3 Å². The minimum absolute atomic E-state index is 0.0576. The number of piperidine rings is 1. The lowest BCUT2D eigenvalue weighted by Gasteiger charge is -2.63. The fraction of sp³-hybridized carbons (Fsp3) is 0.614. The van der Waals surface area contributed by atoms with Gasteiger partial charge in [0.2, 0.25) is 0 Å². The molecule has 418 valence electrons. The number of aliphatic carboxylic acids is 2. The number of hydrogen-bond donors (Lipinski definition) is 6. The molecule has 3 fully saturated rings. The van der Waals surface area contributed by atoms with Crippen molar-refractivity contribution < 1.29 is 68.5 Å². The summed E-state index contributed by atoms with van der Waals surface area (Å²) in [7, 11) is 7.20. The fourth-order valence-electron chi connectivity index (χ4n) is 15.2. The van der Waals surface area contributed by atoms with Crippen LogP contribution in [0.15, 0.2) is 54.1 Å². The van der Waals surface area contributed by atoms with Crippen molar-refractivity contribution in [3.8, 4) is 5.75 Å². The zero-order valence-electron chi connectivity index (χ0n) is 44.9. The van der Waals surface area contributed by atoms with Crippen molar-refractivity contribution >= 4 is 68.4 Å². The Morgan fingerprint density at radius 1 is 0.948 bits per heavy atom. The number of aliphatic hydroxyl groups excluding tert-OH is 1. The highest BCUT2D eigenvalue weighted by Gasteiger charge is 2.79. The van der Waals surface area contributed by atoms with E-state index < -0.39 is 99.6 Å². The Bertz CT molecular complexity index is 2760. The number of hydrogen-bond acceptors (Lipinski definition) is 17. The molecule has 9 rings (SSSR count). The van der Waals surface area contributed by atoms with Gasteiger partial charge in [0, 0.05) is 91.3 Å². The van der Waals surface area contributed by atoms with Crippen molar-refractivity contribution in [3.05, 3.63) is 76.4 Å². The molecular formula is C57H74N4O14S2. The van der Waals surface area contributed by atoms with E-state index in [-0.39, 0.29) is 36.9 Å². The topological polar surface area (TPSA) is 253 Å². The predicted octanol–water partition coefficient (Wildman–Crippen LogP) is 4.39. The Balaban J connectivity index is 1.04. The number of carboxylic acids is 2. The number of benzene rings is 2. The maximum atomic E-state index is 15.5. The highest BCUT2D eigenvalue weighted by Crippen LogP contribution is 2.68. The number of likely N-dealkylation sites (N-methyl/N-ethyl adjacent to an activating group) is 1. The second kappa shape index (κ2) is 21.9. The van der Waals surface area contributed by atoms with Gasteiger partial charge in [0.05, 0.1) is 38.2 Å². The molecule has 6 N–H and O–H groups in total. The molecule has 2 aromatic rings. The van der Waals surface area contributed by atoms with E-state index in [4.69, 9.17) is 19.3 Å². The Labute approximate surface area is 457 Å². The van der Waals surface area contributed by atoms with Crippen molar-refractivity contribution in [2.24, 2.45) is 23.2 Å². The molecule has 2 aromatic carbocycles. The quantitative estimate of drug-likeness (QED) is 0.0466. The van der Waals surface area contributed by atoms with Crippen LogP contribution in [-0.2, 0) is 55.5 Å². The number of anilines is 1. The SMILES string of the molecule is CC[C@]1(O)C[C@H]2CN(CCC3=C(Cc4ccccc43)[C@@](C(=O)OC)(c3cc4c(cc3OC)N(C)[C@H]3[C@@](O)(C(=O)NCC(=O)OCCSSC[C@H](CC(=O)[C@@H](C)CC(=O)O)C(=O)O)[C@H](O)[C@]5(CC)C=CCN6CC[C@]43[C@@H]65)C2)C1. The molecule has 2 saturated heterocycles. The van der Waals surface area contributed by atoms with Crippen molar-refractivity contribution in [2.45, 2.75) is 119 Å². The molecule has 1 spiro atoms. The number of ketones is 1. The molecule has 1 unspecified atom stereocenters. The van der Waals surface area contributed by atoms with Crippen molar-refractivity contribution in [1.29, 1.82) is 0 Å². The molecule has 5 aliphatic heterocycles. The second-order valence-electron chi connectivity index (χ2n) is 22.6. The molecular weight excluding hydrogens is 1030 g/mol. The number of carbonyl (C=O) groups excluding carboxylic acids is 4. The standard InChI is InChI=1S/C57H74N4O14S2/c1-7-53(71)27-34-28-56(52(70)74-6,39-23-35-12-9-10-13-37(35)38(39)14-18-60(30-34)32-53)41-25-40-42(26-44(41)73-5)59(4)49-55(40)16-19-61-17-11-15-54(8-2,48(55)61)50(68)57(49,72)51(69)58-29-46(65)75-20-21-76-77-31-36(47(66)67)24-43(62)33(3)22-45(63)64/h9-13,15,25-26,33-34,36,48-50,68,71-72H,7-8,14,16-24,27-32H2,1-6H3,(H,58,69)(H,63,64)(H,66,67)/t33-,34+,36-,48-,49+,50+,53-,54+,55+,56+,57-/m0/s1. The Morgan fingerprint density at radius 3 is 2.42 bits per heavy atom. The lowest BCUT2D eigenvalue weighted by Crippen LogP contribution is -2.81. The van der Waals surface area contributed by atoms with Gasteiger partial charge in [-0.2, -0.15) is 0 Å². The van der Waals surface area contributed by atoms with Crippen molar-refractivity contribution in [1.82, 2.24) is 15.1 Å². The first kappa shape index (κ1) is 56.7. The number of ether oxygens (including phenoxy) is 3. The Kier molecular flexibility index (Phi) is 16.2. The first-order valence-corrected chi connectivity index (χ1v) is 29.5. The van der Waals surface area contributed by atoms with E-state index in [1.165, 1.54) is 35.6 Å². The fourth-order valence-corrected chi connectivity index (χ4v) is 17.3. The number of methoxy groups -OCH3 is 2. The van der Waals surface area contributed by atoms with Crippen LogP contribution in [0.5, 0.6) is 5.75 Å². The summed E-state index contributed by atoms with van der Waals surface area (Å²) in [6.45, 7) is 7.74. The summed E-state index contributed by atoms with van der Waals surface area (Å²) >= 11 is 0. The van der Waals surface area contributed by atoms with Crippen LogP contribution in [0.1, 0.15) is 94.4 Å². The average molecular weight is 1100 g/mol. The molecule has 1 amide bonds. The Morgan fingerprint density at radius 2 is 1.71 bits per heavy atom. The van der Waals surface area contributed by atoms with Gasteiger partial charge < -0.3 is 50.0 Å². The van der Waals surface area contributed by atoms with Gasteiger partial charge in [0.15, 0.2) is 5.60 Å². The third kappa shape index (κ3) is 9.48. The maximum Gasteiger partial charge on any atom is 0.325 e. The number of Topliss-reactive ketones (excluding diaryl/α,β-unsaturated/α-hetero) is 1. The van der Waals surface area contributed by atoms with Crippen LogP contribution >= 0.6 is 21.6 Å². The van der Waals surface area contributed by atoms with Gasteiger partial charge in [-0.1, -0.05) is 78.8 Å². The summed E-state index contributed by atoms with van der Waals surface area (Å²) in [4.78, 5) is 85.9. The lowest BCUT2D eigenvalue weighted by molar-refractivity contribution is -0.203. The number of fused-ring (bicyclic) bond motifs is 5. The molecule has 0 aromatic heterocycles. The highest BCUT2D eigenvalue weighted by atomic mass is 33.1. The Hall–Kier alpha value is -4.96. The van der Waals surface area contributed by atoms with E-state index in [1.807, 2.05) is 49.1 Å². The van der Waals surface area contributed by atoms with Gasteiger partial charge in [0.1, 0.15) is 36.2 Å². The van der Waals surface area contributed by atoms with Crippen LogP contribution in [0.2, 0.25) is 0 Å². The van der Waals surface area contributed by atoms with E-state index in [0.717, 1.165) is 27.8 Å².